The van der Waals surface area contributed by atoms with Gasteiger partial charge in [-0.05, 0) is 17.7 Å². The third-order valence-corrected chi connectivity index (χ3v) is 2.37. The maximum atomic E-state index is 10.3. The summed E-state index contributed by atoms with van der Waals surface area (Å²) in [5.74, 6) is 0. The third kappa shape index (κ3) is 3.98. The van der Waals surface area contributed by atoms with Crippen LogP contribution in [0.5, 0.6) is 0 Å². The highest BCUT2D eigenvalue weighted by molar-refractivity contribution is 9.09. The maximum Gasteiger partial charge on any atom is 0.405 e. The highest BCUT2D eigenvalue weighted by Gasteiger charge is 2.07. The van der Waals surface area contributed by atoms with Crippen molar-refractivity contribution in [3.63, 3.8) is 0 Å². The summed E-state index contributed by atoms with van der Waals surface area (Å²) < 4.78 is 0. The third-order valence-electron chi connectivity index (χ3n) is 1.58. The number of hydrogen-bond donors (Lipinski definition) is 2. The van der Waals surface area contributed by atoms with Gasteiger partial charge in [0.1, 0.15) is 0 Å². The molecular weight excluding hydrogens is 269 g/mol. The molecule has 0 aliphatic carbocycles. The number of alkyl halides is 1. The number of amides is 1. The van der Waals surface area contributed by atoms with Gasteiger partial charge in [0.25, 0.3) is 0 Å². The van der Waals surface area contributed by atoms with Gasteiger partial charge in [0.15, 0.2) is 0 Å². The van der Waals surface area contributed by atoms with Gasteiger partial charge < -0.3 is 10.4 Å². The van der Waals surface area contributed by atoms with Gasteiger partial charge in [0.05, 0.1) is 4.95 Å². The largest absolute Gasteiger partial charge is 0.465 e. The van der Waals surface area contributed by atoms with E-state index in [4.69, 9.17) is 16.7 Å². The van der Waals surface area contributed by atoms with E-state index < -0.39 is 6.09 Å². The fourth-order valence-corrected chi connectivity index (χ4v) is 1.84. The number of carbonyl (C=O) groups is 1. The smallest absolute Gasteiger partial charge is 0.405 e. The van der Waals surface area contributed by atoms with Crippen molar-refractivity contribution >= 4 is 33.6 Å². The summed E-state index contributed by atoms with van der Waals surface area (Å²) in [6.45, 7) is 0. The zero-order valence-corrected chi connectivity index (χ0v) is 9.55. The predicted molar refractivity (Wildman–Crippen MR) is 59.0 cm³/mol. The van der Waals surface area contributed by atoms with Gasteiger partial charge in [0.2, 0.25) is 0 Å². The highest BCUT2D eigenvalue weighted by Crippen LogP contribution is 2.13. The molecule has 5 heteroatoms. The van der Waals surface area contributed by atoms with Crippen molar-refractivity contribution in [2.75, 3.05) is 0 Å². The summed E-state index contributed by atoms with van der Waals surface area (Å²) in [6.07, 6.45) is -0.485. The van der Waals surface area contributed by atoms with Crippen LogP contribution in [0.3, 0.4) is 0 Å². The molecule has 0 aliphatic heterocycles. The molecule has 0 saturated carbocycles. The van der Waals surface area contributed by atoms with Crippen molar-refractivity contribution in [2.24, 2.45) is 0 Å². The van der Waals surface area contributed by atoms with Crippen LogP contribution in [0.1, 0.15) is 5.56 Å². The molecule has 1 aromatic carbocycles. The number of benzene rings is 1. The van der Waals surface area contributed by atoms with E-state index in [2.05, 4.69) is 21.2 Å². The lowest BCUT2D eigenvalue weighted by Crippen LogP contribution is -2.30. The van der Waals surface area contributed by atoms with Crippen LogP contribution in [-0.2, 0) is 6.42 Å². The number of halogens is 2. The Balaban J connectivity index is 2.55. The van der Waals surface area contributed by atoms with Crippen LogP contribution >= 0.6 is 27.5 Å². The molecule has 0 saturated heterocycles. The second-order valence-corrected chi connectivity index (χ2v) is 4.29. The van der Waals surface area contributed by atoms with Crippen molar-refractivity contribution in [1.82, 2.24) is 5.32 Å². The zero-order chi connectivity index (χ0) is 10.6. The summed E-state index contributed by atoms with van der Waals surface area (Å²) in [4.78, 5) is 10.0. The van der Waals surface area contributed by atoms with Crippen LogP contribution in [0.2, 0.25) is 5.02 Å². The van der Waals surface area contributed by atoms with Crippen LogP contribution in [0.15, 0.2) is 24.3 Å². The number of nitrogens with one attached hydrogen (secondary N) is 1. The van der Waals surface area contributed by atoms with E-state index in [1.54, 1.807) is 12.1 Å². The minimum atomic E-state index is -1.05. The Hall–Kier alpha value is -0.740. The summed E-state index contributed by atoms with van der Waals surface area (Å²) in [5, 5.41) is 11.4. The summed E-state index contributed by atoms with van der Waals surface area (Å²) >= 11 is 8.99. The van der Waals surface area contributed by atoms with Gasteiger partial charge in [-0.2, -0.15) is 0 Å². The van der Waals surface area contributed by atoms with E-state index in [1.807, 2.05) is 12.1 Å². The molecule has 0 heterocycles. The zero-order valence-electron chi connectivity index (χ0n) is 7.21. The Kier molecular flexibility index (Phi) is 4.22. The van der Waals surface area contributed by atoms with Gasteiger partial charge in [-0.1, -0.05) is 39.7 Å². The molecule has 1 rings (SSSR count). The molecule has 1 aromatic rings. The van der Waals surface area contributed by atoms with Gasteiger partial charge in [-0.25, -0.2) is 4.79 Å². The quantitative estimate of drug-likeness (QED) is 0.660. The van der Waals surface area contributed by atoms with E-state index in [1.165, 1.54) is 0 Å². The van der Waals surface area contributed by atoms with E-state index in [-0.39, 0.29) is 4.95 Å². The van der Waals surface area contributed by atoms with Gasteiger partial charge >= 0.3 is 6.09 Å². The molecule has 0 aliphatic rings. The molecule has 1 atom stereocenters. The van der Waals surface area contributed by atoms with E-state index in [0.29, 0.717) is 11.4 Å². The Morgan fingerprint density at radius 1 is 1.64 bits per heavy atom. The van der Waals surface area contributed by atoms with Crippen LogP contribution in [0.4, 0.5) is 4.79 Å². The molecule has 0 aromatic heterocycles. The van der Waals surface area contributed by atoms with E-state index in [0.717, 1.165) is 5.56 Å². The average molecular weight is 279 g/mol. The van der Waals surface area contributed by atoms with Gasteiger partial charge in [-0.3, -0.25) is 0 Å². The second kappa shape index (κ2) is 5.22. The van der Waals surface area contributed by atoms with Crippen molar-refractivity contribution in [1.29, 1.82) is 0 Å². The van der Waals surface area contributed by atoms with Crippen molar-refractivity contribution in [3.8, 4) is 0 Å². The standard InChI is InChI=1S/C9H9BrClNO2/c10-8(12-9(13)14)5-6-2-1-3-7(11)4-6/h1-4,8,12H,5H2,(H,13,14). The summed E-state index contributed by atoms with van der Waals surface area (Å²) in [6, 6.07) is 7.31. The first-order valence-electron chi connectivity index (χ1n) is 3.96. The van der Waals surface area contributed by atoms with Crippen LogP contribution in [0.25, 0.3) is 0 Å². The molecule has 2 N–H and O–H groups in total. The fraction of sp³-hybridized carbons (Fsp3) is 0.222. The lowest BCUT2D eigenvalue weighted by molar-refractivity contribution is 0.193. The fourth-order valence-electron chi connectivity index (χ4n) is 1.06. The predicted octanol–water partition coefficient (Wildman–Crippen LogP) is 2.87. The molecule has 0 fully saturated rings. The average Bonchev–Trinajstić information content (AvgIpc) is 2.01. The molecule has 14 heavy (non-hydrogen) atoms. The minimum absolute atomic E-state index is 0.293. The minimum Gasteiger partial charge on any atom is -0.465 e. The Morgan fingerprint density at radius 3 is 2.93 bits per heavy atom. The first-order chi connectivity index (χ1) is 6.58. The molecule has 1 amide bonds. The molecular formula is C9H9BrClNO2. The number of carboxylic acid groups (broad SMARTS) is 1. The Labute approximate surface area is 95.2 Å². The van der Waals surface area contributed by atoms with Gasteiger partial charge in [-0.15, -0.1) is 0 Å². The molecule has 1 unspecified atom stereocenters. The van der Waals surface area contributed by atoms with E-state index >= 15 is 0 Å². The molecule has 0 bridgehead atoms. The van der Waals surface area contributed by atoms with E-state index in [9.17, 15) is 4.79 Å². The lowest BCUT2D eigenvalue weighted by Gasteiger charge is -2.09. The normalized spacial score (nSPS) is 12.1. The SMILES string of the molecule is O=C(O)NC(Br)Cc1cccc(Cl)c1. The topological polar surface area (TPSA) is 49.3 Å². The number of hydrogen-bond acceptors (Lipinski definition) is 1. The molecule has 0 spiro atoms. The van der Waals surface area contributed by atoms with Crippen LogP contribution in [-0.4, -0.2) is 16.2 Å². The first kappa shape index (κ1) is 11.3. The van der Waals surface area contributed by atoms with Gasteiger partial charge in [0, 0.05) is 11.4 Å². The Bertz CT molecular complexity index is 332. The molecule has 3 nitrogen and oxygen atoms in total. The monoisotopic (exact) mass is 277 g/mol. The lowest BCUT2D eigenvalue weighted by atomic mass is 10.1. The van der Waals surface area contributed by atoms with Crippen molar-refractivity contribution in [3.05, 3.63) is 34.9 Å². The van der Waals surface area contributed by atoms with Crippen molar-refractivity contribution < 1.29 is 9.90 Å². The highest BCUT2D eigenvalue weighted by atomic mass is 79.9. The second-order valence-electron chi connectivity index (χ2n) is 2.75. The summed E-state index contributed by atoms with van der Waals surface area (Å²) in [5.41, 5.74) is 0.980. The summed E-state index contributed by atoms with van der Waals surface area (Å²) in [7, 11) is 0. The van der Waals surface area contributed by atoms with Crippen molar-refractivity contribution in [2.45, 2.75) is 11.4 Å². The maximum absolute atomic E-state index is 10.3. The first-order valence-corrected chi connectivity index (χ1v) is 5.25. The Morgan fingerprint density at radius 2 is 2.36 bits per heavy atom. The van der Waals surface area contributed by atoms with Crippen LogP contribution in [0, 0.1) is 0 Å². The molecule has 76 valence electrons. The van der Waals surface area contributed by atoms with Crippen LogP contribution < -0.4 is 5.32 Å². The number of rotatable bonds is 3. The molecule has 0 radical (unpaired) electrons.